The Kier molecular flexibility index (Phi) is 7.49. The molecule has 0 fully saturated rings. The Morgan fingerprint density at radius 3 is 1.89 bits per heavy atom. The number of aromatic nitrogens is 1. The van der Waals surface area contributed by atoms with Crippen molar-refractivity contribution in [2.75, 3.05) is 10.6 Å². The average Bonchev–Trinajstić information content (AvgIpc) is 2.76. The molecule has 2 N–H and O–H groups in total. The molecule has 3 aromatic rings. The maximum atomic E-state index is 13.1. The van der Waals surface area contributed by atoms with Crippen molar-refractivity contribution in [3.63, 3.8) is 0 Å². The summed E-state index contributed by atoms with van der Waals surface area (Å²) >= 11 is 5.76. The highest BCUT2D eigenvalue weighted by atomic mass is 35.5. The lowest BCUT2D eigenvalue weighted by Crippen LogP contribution is -2.25. The van der Waals surface area contributed by atoms with Gasteiger partial charge in [0.05, 0.1) is 11.1 Å². The minimum absolute atomic E-state index is 0.0135. The standard InChI is InChI=1S/C23H14ClF6N3O2/c24-19-12-17(7-8-31-19)33-21(35)18(10-13-3-1-4-14(9-13)22(25,26)27)20(34)32-16-6-2-5-15(11-16)23(28,29)30/h1-12H,(H,32,34)(H,31,33,35). The van der Waals surface area contributed by atoms with Crippen molar-refractivity contribution in [2.24, 2.45) is 0 Å². The van der Waals surface area contributed by atoms with E-state index in [0.29, 0.717) is 12.1 Å². The molecule has 0 bridgehead atoms. The van der Waals surface area contributed by atoms with Gasteiger partial charge in [0.25, 0.3) is 11.8 Å². The van der Waals surface area contributed by atoms with Crippen LogP contribution in [0, 0.1) is 0 Å². The molecular weight excluding hydrogens is 500 g/mol. The number of benzene rings is 2. The van der Waals surface area contributed by atoms with E-state index in [9.17, 15) is 35.9 Å². The molecule has 2 amide bonds. The highest BCUT2D eigenvalue weighted by Crippen LogP contribution is 2.31. The van der Waals surface area contributed by atoms with Gasteiger partial charge in [-0.2, -0.15) is 26.3 Å². The SMILES string of the molecule is O=C(Nc1cccc(C(F)(F)F)c1)C(=Cc1cccc(C(F)(F)F)c1)C(=O)Nc1ccnc(Cl)c1. The van der Waals surface area contributed by atoms with Crippen molar-refractivity contribution in [1.82, 2.24) is 4.98 Å². The summed E-state index contributed by atoms with van der Waals surface area (Å²) in [6.45, 7) is 0. The number of hydrogen-bond acceptors (Lipinski definition) is 3. The maximum Gasteiger partial charge on any atom is 0.416 e. The summed E-state index contributed by atoms with van der Waals surface area (Å²) in [7, 11) is 0. The van der Waals surface area contributed by atoms with Gasteiger partial charge in [0.2, 0.25) is 0 Å². The summed E-state index contributed by atoms with van der Waals surface area (Å²) in [5.74, 6) is -2.20. The van der Waals surface area contributed by atoms with Crippen molar-refractivity contribution in [2.45, 2.75) is 12.4 Å². The number of carbonyl (C=O) groups excluding carboxylic acids is 2. The Hall–Kier alpha value is -3.86. The van der Waals surface area contributed by atoms with E-state index in [1.165, 1.54) is 24.4 Å². The number of carbonyl (C=O) groups is 2. The lowest BCUT2D eigenvalue weighted by Gasteiger charge is -2.13. The van der Waals surface area contributed by atoms with Gasteiger partial charge in [0, 0.05) is 17.6 Å². The Balaban J connectivity index is 1.98. The predicted molar refractivity (Wildman–Crippen MR) is 117 cm³/mol. The van der Waals surface area contributed by atoms with Crippen LogP contribution >= 0.6 is 11.6 Å². The molecule has 0 spiro atoms. The fourth-order valence-corrected chi connectivity index (χ4v) is 3.03. The summed E-state index contributed by atoms with van der Waals surface area (Å²) in [5.41, 5.74) is -3.04. The molecule has 0 aliphatic carbocycles. The third kappa shape index (κ3) is 7.06. The minimum atomic E-state index is -4.69. The number of anilines is 2. The van der Waals surface area contributed by atoms with Crippen LogP contribution in [0.4, 0.5) is 37.7 Å². The Morgan fingerprint density at radius 2 is 1.31 bits per heavy atom. The Morgan fingerprint density at radius 1 is 0.771 bits per heavy atom. The van der Waals surface area contributed by atoms with Gasteiger partial charge in [-0.15, -0.1) is 0 Å². The molecule has 0 saturated carbocycles. The van der Waals surface area contributed by atoms with Gasteiger partial charge < -0.3 is 10.6 Å². The molecule has 5 nitrogen and oxygen atoms in total. The monoisotopic (exact) mass is 513 g/mol. The second-order valence-electron chi connectivity index (χ2n) is 7.04. The van der Waals surface area contributed by atoms with E-state index in [-0.39, 0.29) is 22.1 Å². The number of rotatable bonds is 5. The number of amides is 2. The van der Waals surface area contributed by atoms with Crippen molar-refractivity contribution in [3.8, 4) is 0 Å². The highest BCUT2D eigenvalue weighted by Gasteiger charge is 2.31. The molecule has 0 aliphatic heterocycles. The third-order valence-corrected chi connectivity index (χ3v) is 4.65. The summed E-state index contributed by atoms with van der Waals surface area (Å²) < 4.78 is 78.2. The first kappa shape index (κ1) is 25.8. The molecule has 0 atom stereocenters. The molecule has 0 unspecified atom stereocenters. The first-order valence-corrected chi connectivity index (χ1v) is 10.0. The quantitative estimate of drug-likeness (QED) is 0.136. The summed E-state index contributed by atoms with van der Waals surface area (Å²) in [5, 5.41) is 4.54. The molecule has 0 radical (unpaired) electrons. The van der Waals surface area contributed by atoms with Crippen molar-refractivity contribution >= 4 is 40.9 Å². The van der Waals surface area contributed by atoms with Crippen LogP contribution in [-0.2, 0) is 21.9 Å². The van der Waals surface area contributed by atoms with Crippen LogP contribution in [0.2, 0.25) is 5.15 Å². The number of pyridine rings is 1. The van der Waals surface area contributed by atoms with Gasteiger partial charge in [-0.3, -0.25) is 9.59 Å². The van der Waals surface area contributed by atoms with Crippen LogP contribution in [0.25, 0.3) is 6.08 Å². The van der Waals surface area contributed by atoms with E-state index < -0.39 is 40.9 Å². The molecule has 1 aromatic heterocycles. The van der Waals surface area contributed by atoms with E-state index in [1.807, 2.05) is 0 Å². The topological polar surface area (TPSA) is 71.1 Å². The number of alkyl halides is 6. The zero-order valence-corrected chi connectivity index (χ0v) is 18.1. The van der Waals surface area contributed by atoms with Gasteiger partial charge in [0.1, 0.15) is 10.7 Å². The van der Waals surface area contributed by atoms with E-state index in [1.54, 1.807) is 0 Å². The number of nitrogens with one attached hydrogen (secondary N) is 2. The van der Waals surface area contributed by atoms with E-state index in [2.05, 4.69) is 15.6 Å². The highest BCUT2D eigenvalue weighted by molar-refractivity contribution is 6.30. The zero-order valence-electron chi connectivity index (χ0n) is 17.3. The van der Waals surface area contributed by atoms with E-state index in [4.69, 9.17) is 11.6 Å². The normalized spacial score (nSPS) is 12.3. The number of nitrogens with zero attached hydrogens (tertiary/aromatic N) is 1. The Labute approximate surface area is 199 Å². The van der Waals surface area contributed by atoms with Crippen molar-refractivity contribution < 1.29 is 35.9 Å². The lowest BCUT2D eigenvalue weighted by atomic mass is 10.1. The van der Waals surface area contributed by atoms with Crippen LogP contribution in [0.1, 0.15) is 16.7 Å². The first-order chi connectivity index (χ1) is 16.3. The van der Waals surface area contributed by atoms with Crippen molar-refractivity contribution in [1.29, 1.82) is 0 Å². The van der Waals surface area contributed by atoms with Crippen LogP contribution in [0.5, 0.6) is 0 Å². The minimum Gasteiger partial charge on any atom is -0.322 e. The van der Waals surface area contributed by atoms with E-state index in [0.717, 1.165) is 36.4 Å². The lowest BCUT2D eigenvalue weighted by molar-refractivity contribution is -0.138. The summed E-state index contributed by atoms with van der Waals surface area (Å²) in [4.78, 5) is 29.5. The predicted octanol–water partition coefficient (Wildman–Crippen LogP) is 6.43. The van der Waals surface area contributed by atoms with Crippen molar-refractivity contribution in [3.05, 3.63) is 94.3 Å². The fraction of sp³-hybridized carbons (Fsp3) is 0.0870. The summed E-state index contributed by atoms with van der Waals surface area (Å²) in [6, 6.07) is 10.1. The molecule has 12 heteroatoms. The second-order valence-corrected chi connectivity index (χ2v) is 7.42. The molecular formula is C23H14ClF6N3O2. The van der Waals surface area contributed by atoms with Gasteiger partial charge in [0.15, 0.2) is 0 Å². The number of halogens is 7. The molecule has 2 aromatic carbocycles. The third-order valence-electron chi connectivity index (χ3n) is 4.45. The molecule has 182 valence electrons. The maximum absolute atomic E-state index is 13.1. The number of hydrogen-bond donors (Lipinski definition) is 2. The first-order valence-electron chi connectivity index (χ1n) is 9.63. The largest absolute Gasteiger partial charge is 0.416 e. The van der Waals surface area contributed by atoms with Crippen LogP contribution in [-0.4, -0.2) is 16.8 Å². The Bertz CT molecular complexity index is 1290. The molecule has 0 saturated heterocycles. The molecule has 3 rings (SSSR count). The average molecular weight is 514 g/mol. The zero-order chi connectivity index (χ0) is 25.8. The molecule has 0 aliphatic rings. The summed E-state index contributed by atoms with van der Waals surface area (Å²) in [6.07, 6.45) is -7.22. The molecule has 35 heavy (non-hydrogen) atoms. The van der Waals surface area contributed by atoms with Gasteiger partial charge in [-0.25, -0.2) is 4.98 Å². The van der Waals surface area contributed by atoms with E-state index >= 15 is 0 Å². The van der Waals surface area contributed by atoms with Gasteiger partial charge in [-0.05, 0) is 54.1 Å². The van der Waals surface area contributed by atoms with Crippen LogP contribution < -0.4 is 10.6 Å². The van der Waals surface area contributed by atoms with Crippen LogP contribution in [0.15, 0.2) is 72.4 Å². The fourth-order valence-electron chi connectivity index (χ4n) is 2.86. The second kappa shape index (κ2) is 10.2. The molecule has 1 heterocycles. The smallest absolute Gasteiger partial charge is 0.322 e. The van der Waals surface area contributed by atoms with Gasteiger partial charge >= 0.3 is 12.4 Å². The van der Waals surface area contributed by atoms with Gasteiger partial charge in [-0.1, -0.05) is 29.8 Å². The van der Waals surface area contributed by atoms with Crippen LogP contribution in [0.3, 0.4) is 0 Å².